The number of halogens is 1. The van der Waals surface area contributed by atoms with Crippen LogP contribution in [0.25, 0.3) is 17.1 Å². The van der Waals surface area contributed by atoms with Gasteiger partial charge in [0.2, 0.25) is 0 Å². The summed E-state index contributed by atoms with van der Waals surface area (Å²) in [5.74, 6) is 0.635. The van der Waals surface area contributed by atoms with Crippen LogP contribution in [0.4, 0.5) is 0 Å². The van der Waals surface area contributed by atoms with Gasteiger partial charge in [0.25, 0.3) is 5.91 Å². The molecule has 0 saturated heterocycles. The molecule has 1 aromatic heterocycles. The molecule has 0 aliphatic carbocycles. The highest BCUT2D eigenvalue weighted by Gasteiger charge is 2.17. The quantitative estimate of drug-likeness (QED) is 0.235. The molecule has 6 nitrogen and oxygen atoms in total. The highest BCUT2D eigenvalue weighted by atomic mass is 35.5. The number of aryl methyl sites for hydroxylation is 1. The number of hydrazone groups is 1. The summed E-state index contributed by atoms with van der Waals surface area (Å²) in [4.78, 5) is 12.3. The number of carbonyl (C=O) groups is 1. The molecule has 32 heavy (non-hydrogen) atoms. The van der Waals surface area contributed by atoms with Crippen LogP contribution in [-0.2, 0) is 4.79 Å². The van der Waals surface area contributed by atoms with Gasteiger partial charge in [-0.25, -0.2) is 5.43 Å². The molecule has 4 aromatic rings. The Bertz CT molecular complexity index is 1220. The van der Waals surface area contributed by atoms with Crippen LogP contribution in [0.15, 0.2) is 89.1 Å². The van der Waals surface area contributed by atoms with Gasteiger partial charge in [-0.15, -0.1) is 10.2 Å². The van der Waals surface area contributed by atoms with Crippen LogP contribution in [0.3, 0.4) is 0 Å². The smallest absolute Gasteiger partial charge is 0.250 e. The van der Waals surface area contributed by atoms with Crippen LogP contribution in [0.1, 0.15) is 11.1 Å². The summed E-state index contributed by atoms with van der Waals surface area (Å²) in [5, 5.41) is 14.0. The first-order chi connectivity index (χ1) is 15.6. The highest BCUT2D eigenvalue weighted by Crippen LogP contribution is 2.28. The molecule has 1 heterocycles. The number of benzene rings is 3. The second-order valence-corrected chi connectivity index (χ2v) is 8.36. The number of para-hydroxylation sites is 1. The number of hydrogen-bond acceptors (Lipinski definition) is 5. The van der Waals surface area contributed by atoms with E-state index < -0.39 is 0 Å². The SMILES string of the molecule is Cc1ccc(-c2nnc(SCC(=O)NN=Cc3ccc(Cl)cc3)n2-c2ccccc2)cc1. The lowest BCUT2D eigenvalue weighted by molar-refractivity contribution is -0.118. The van der Waals surface area contributed by atoms with Crippen LogP contribution in [0, 0.1) is 6.92 Å². The van der Waals surface area contributed by atoms with Gasteiger partial charge in [-0.05, 0) is 36.8 Å². The van der Waals surface area contributed by atoms with Gasteiger partial charge in [0, 0.05) is 16.3 Å². The molecule has 0 atom stereocenters. The van der Waals surface area contributed by atoms with Crippen molar-refractivity contribution in [3.05, 3.63) is 95.0 Å². The molecule has 1 N–H and O–H groups in total. The monoisotopic (exact) mass is 461 g/mol. The van der Waals surface area contributed by atoms with Gasteiger partial charge in [-0.1, -0.05) is 83.5 Å². The van der Waals surface area contributed by atoms with Gasteiger partial charge in [-0.2, -0.15) is 5.10 Å². The first-order valence-electron chi connectivity index (χ1n) is 9.88. The number of carbonyl (C=O) groups excluding carboxylic acids is 1. The first-order valence-corrected chi connectivity index (χ1v) is 11.2. The number of thioether (sulfide) groups is 1. The van der Waals surface area contributed by atoms with Crippen molar-refractivity contribution in [3.8, 4) is 17.1 Å². The molecule has 4 rings (SSSR count). The second-order valence-electron chi connectivity index (χ2n) is 6.98. The number of amides is 1. The van der Waals surface area contributed by atoms with E-state index >= 15 is 0 Å². The largest absolute Gasteiger partial charge is 0.272 e. The van der Waals surface area contributed by atoms with E-state index in [2.05, 4.69) is 20.7 Å². The summed E-state index contributed by atoms with van der Waals surface area (Å²) in [6.45, 7) is 2.04. The van der Waals surface area contributed by atoms with Crippen molar-refractivity contribution < 1.29 is 4.79 Å². The number of nitrogens with one attached hydrogen (secondary N) is 1. The van der Waals surface area contributed by atoms with Gasteiger partial charge in [0.1, 0.15) is 0 Å². The molecule has 0 unspecified atom stereocenters. The van der Waals surface area contributed by atoms with Crippen LogP contribution in [0.2, 0.25) is 5.02 Å². The van der Waals surface area contributed by atoms with E-state index in [9.17, 15) is 4.79 Å². The van der Waals surface area contributed by atoms with Crippen LogP contribution < -0.4 is 5.43 Å². The Balaban J connectivity index is 1.49. The third kappa shape index (κ3) is 5.43. The van der Waals surface area contributed by atoms with Gasteiger partial charge < -0.3 is 0 Å². The van der Waals surface area contributed by atoms with Crippen LogP contribution in [-0.4, -0.2) is 32.6 Å². The molecule has 0 aliphatic rings. The maximum Gasteiger partial charge on any atom is 0.250 e. The molecule has 0 aliphatic heterocycles. The van der Waals surface area contributed by atoms with E-state index in [1.165, 1.54) is 17.3 Å². The molecule has 8 heteroatoms. The van der Waals surface area contributed by atoms with E-state index in [0.717, 1.165) is 22.6 Å². The lowest BCUT2D eigenvalue weighted by Gasteiger charge is -2.10. The van der Waals surface area contributed by atoms with Crippen molar-refractivity contribution in [1.82, 2.24) is 20.2 Å². The number of rotatable bonds is 7. The maximum absolute atomic E-state index is 12.3. The Morgan fingerprint density at radius 1 is 1.03 bits per heavy atom. The molecular weight excluding hydrogens is 442 g/mol. The molecule has 0 spiro atoms. The van der Waals surface area contributed by atoms with Crippen molar-refractivity contribution in [1.29, 1.82) is 0 Å². The van der Waals surface area contributed by atoms with Crippen LogP contribution in [0.5, 0.6) is 0 Å². The predicted octanol–water partition coefficient (Wildman–Crippen LogP) is 5.14. The van der Waals surface area contributed by atoms with Crippen molar-refractivity contribution in [2.75, 3.05) is 5.75 Å². The maximum atomic E-state index is 12.3. The fourth-order valence-corrected chi connectivity index (χ4v) is 3.82. The Morgan fingerprint density at radius 3 is 2.47 bits per heavy atom. The standard InChI is InChI=1S/C24H20ClN5OS/c1-17-7-11-19(12-8-17)23-28-29-24(30(23)21-5-3-2-4-6-21)32-16-22(31)27-26-15-18-9-13-20(25)14-10-18/h2-15H,16H2,1H3,(H,27,31). The fraction of sp³-hybridized carbons (Fsp3) is 0.0833. The molecule has 1 amide bonds. The van der Waals surface area contributed by atoms with E-state index in [-0.39, 0.29) is 11.7 Å². The van der Waals surface area contributed by atoms with Gasteiger partial charge >= 0.3 is 0 Å². The summed E-state index contributed by atoms with van der Waals surface area (Å²) in [5.41, 5.74) is 6.43. The van der Waals surface area contributed by atoms with E-state index in [4.69, 9.17) is 11.6 Å². The molecule has 0 bridgehead atoms. The minimum absolute atomic E-state index is 0.150. The Morgan fingerprint density at radius 2 is 1.75 bits per heavy atom. The highest BCUT2D eigenvalue weighted by molar-refractivity contribution is 7.99. The summed E-state index contributed by atoms with van der Waals surface area (Å²) in [6.07, 6.45) is 1.57. The normalized spacial score (nSPS) is 11.1. The summed E-state index contributed by atoms with van der Waals surface area (Å²) in [6, 6.07) is 25.1. The van der Waals surface area contributed by atoms with Gasteiger partial charge in [0.15, 0.2) is 11.0 Å². The summed E-state index contributed by atoms with van der Waals surface area (Å²) >= 11 is 7.17. The summed E-state index contributed by atoms with van der Waals surface area (Å²) in [7, 11) is 0. The lowest BCUT2D eigenvalue weighted by atomic mass is 10.1. The topological polar surface area (TPSA) is 72.2 Å². The average molecular weight is 462 g/mol. The summed E-state index contributed by atoms with van der Waals surface area (Å²) < 4.78 is 1.96. The predicted molar refractivity (Wildman–Crippen MR) is 129 cm³/mol. The lowest BCUT2D eigenvalue weighted by Crippen LogP contribution is -2.20. The zero-order chi connectivity index (χ0) is 22.3. The Labute approximate surface area is 195 Å². The van der Waals surface area contributed by atoms with Gasteiger partial charge in [-0.3, -0.25) is 9.36 Å². The zero-order valence-corrected chi connectivity index (χ0v) is 18.8. The number of aromatic nitrogens is 3. The van der Waals surface area contributed by atoms with Crippen molar-refractivity contribution >= 4 is 35.5 Å². The third-order valence-corrected chi connectivity index (χ3v) is 5.74. The Hall–Kier alpha value is -3.42. The average Bonchev–Trinajstić information content (AvgIpc) is 3.24. The fourth-order valence-electron chi connectivity index (χ4n) is 2.95. The minimum Gasteiger partial charge on any atom is -0.272 e. The minimum atomic E-state index is -0.236. The molecule has 0 radical (unpaired) electrons. The third-order valence-electron chi connectivity index (χ3n) is 4.56. The number of hydrogen-bond donors (Lipinski definition) is 1. The van der Waals surface area contributed by atoms with Gasteiger partial charge in [0.05, 0.1) is 12.0 Å². The van der Waals surface area contributed by atoms with Crippen molar-refractivity contribution in [2.45, 2.75) is 12.1 Å². The van der Waals surface area contributed by atoms with Crippen molar-refractivity contribution in [3.63, 3.8) is 0 Å². The van der Waals surface area contributed by atoms with E-state index in [1.54, 1.807) is 18.3 Å². The van der Waals surface area contributed by atoms with Crippen LogP contribution >= 0.6 is 23.4 Å². The molecule has 160 valence electrons. The molecule has 0 fully saturated rings. The first kappa shape index (κ1) is 21.8. The second kappa shape index (κ2) is 10.3. The number of nitrogens with zero attached hydrogens (tertiary/aromatic N) is 4. The Kier molecular flexibility index (Phi) is 6.99. The van der Waals surface area contributed by atoms with E-state index in [0.29, 0.717) is 10.2 Å². The van der Waals surface area contributed by atoms with E-state index in [1.807, 2.05) is 78.2 Å². The zero-order valence-electron chi connectivity index (χ0n) is 17.3. The molecular formula is C24H20ClN5OS. The molecule has 0 saturated carbocycles. The molecule has 3 aromatic carbocycles. The van der Waals surface area contributed by atoms with Crippen molar-refractivity contribution in [2.24, 2.45) is 5.10 Å².